The first-order valence-electron chi connectivity index (χ1n) is 5.91. The Balaban J connectivity index is 2.17. The molecule has 0 aliphatic carbocycles. The van der Waals surface area contributed by atoms with Gasteiger partial charge in [0.1, 0.15) is 0 Å². The SMILES string of the molecule is CC(C)NC(=O)N(C)CCN1CCOCC1. The summed E-state index contributed by atoms with van der Waals surface area (Å²) < 4.78 is 5.27. The van der Waals surface area contributed by atoms with E-state index < -0.39 is 0 Å². The van der Waals surface area contributed by atoms with Gasteiger partial charge in [0.05, 0.1) is 13.2 Å². The van der Waals surface area contributed by atoms with Crippen LogP contribution in [0.5, 0.6) is 0 Å². The quantitative estimate of drug-likeness (QED) is 0.757. The number of nitrogens with one attached hydrogen (secondary N) is 1. The highest BCUT2D eigenvalue weighted by Crippen LogP contribution is 1.97. The van der Waals surface area contributed by atoms with Crippen LogP contribution in [0.2, 0.25) is 0 Å². The molecule has 1 rings (SSSR count). The molecule has 5 nitrogen and oxygen atoms in total. The summed E-state index contributed by atoms with van der Waals surface area (Å²) in [7, 11) is 1.83. The van der Waals surface area contributed by atoms with E-state index in [2.05, 4.69) is 10.2 Å². The first-order valence-corrected chi connectivity index (χ1v) is 5.91. The number of hydrogen-bond acceptors (Lipinski definition) is 3. The Morgan fingerprint density at radius 3 is 2.62 bits per heavy atom. The second kappa shape index (κ2) is 6.70. The molecule has 1 saturated heterocycles. The highest BCUT2D eigenvalue weighted by atomic mass is 16.5. The largest absolute Gasteiger partial charge is 0.379 e. The molecule has 0 bridgehead atoms. The third-order valence-electron chi connectivity index (χ3n) is 2.61. The van der Waals surface area contributed by atoms with Crippen LogP contribution >= 0.6 is 0 Å². The van der Waals surface area contributed by atoms with E-state index in [-0.39, 0.29) is 12.1 Å². The van der Waals surface area contributed by atoms with Gasteiger partial charge in [-0.2, -0.15) is 0 Å². The lowest BCUT2D eigenvalue weighted by molar-refractivity contribution is 0.0357. The molecule has 5 heteroatoms. The van der Waals surface area contributed by atoms with Crippen LogP contribution in [-0.4, -0.2) is 68.3 Å². The zero-order valence-electron chi connectivity index (χ0n) is 10.5. The molecule has 0 unspecified atom stereocenters. The maximum Gasteiger partial charge on any atom is 0.317 e. The fraction of sp³-hybridized carbons (Fsp3) is 0.909. The topological polar surface area (TPSA) is 44.8 Å². The molecule has 1 aliphatic heterocycles. The molecule has 0 aromatic rings. The molecule has 0 aromatic heterocycles. The number of urea groups is 1. The fourth-order valence-electron chi connectivity index (χ4n) is 1.57. The number of carbonyl (C=O) groups is 1. The van der Waals surface area contributed by atoms with Crippen LogP contribution in [0.3, 0.4) is 0 Å². The minimum atomic E-state index is 0.00302. The average molecular weight is 229 g/mol. The lowest BCUT2D eigenvalue weighted by atomic mass is 10.4. The monoisotopic (exact) mass is 229 g/mol. The van der Waals surface area contributed by atoms with E-state index in [1.807, 2.05) is 20.9 Å². The molecule has 1 N–H and O–H groups in total. The standard InChI is InChI=1S/C11H23N3O2/c1-10(2)12-11(15)13(3)4-5-14-6-8-16-9-7-14/h10H,4-9H2,1-3H3,(H,12,15). The zero-order chi connectivity index (χ0) is 12.0. The maximum absolute atomic E-state index is 11.6. The van der Waals surface area contributed by atoms with Gasteiger partial charge in [0.15, 0.2) is 0 Å². The van der Waals surface area contributed by atoms with E-state index in [0.717, 1.165) is 39.4 Å². The van der Waals surface area contributed by atoms with Gasteiger partial charge in [-0.15, -0.1) is 0 Å². The van der Waals surface area contributed by atoms with E-state index in [9.17, 15) is 4.79 Å². The maximum atomic E-state index is 11.6. The van der Waals surface area contributed by atoms with Gasteiger partial charge in [0, 0.05) is 39.3 Å². The summed E-state index contributed by atoms with van der Waals surface area (Å²) >= 11 is 0. The highest BCUT2D eigenvalue weighted by Gasteiger charge is 2.13. The van der Waals surface area contributed by atoms with Crippen LogP contribution in [0.15, 0.2) is 0 Å². The molecule has 1 heterocycles. The molecule has 0 radical (unpaired) electrons. The van der Waals surface area contributed by atoms with Gasteiger partial charge in [0.25, 0.3) is 0 Å². The Bertz CT molecular complexity index is 215. The van der Waals surface area contributed by atoms with Gasteiger partial charge in [-0.25, -0.2) is 4.79 Å². The smallest absolute Gasteiger partial charge is 0.317 e. The molecule has 1 aliphatic rings. The molecular formula is C11H23N3O2. The molecule has 0 spiro atoms. The molecular weight excluding hydrogens is 206 g/mol. The van der Waals surface area contributed by atoms with Crippen LogP contribution in [0.1, 0.15) is 13.8 Å². The number of rotatable bonds is 4. The summed E-state index contributed by atoms with van der Waals surface area (Å²) in [4.78, 5) is 15.7. The minimum absolute atomic E-state index is 0.00302. The summed E-state index contributed by atoms with van der Waals surface area (Å²) in [5, 5.41) is 2.87. The Hall–Kier alpha value is -0.810. The van der Waals surface area contributed by atoms with E-state index in [0.29, 0.717) is 0 Å². The number of likely N-dealkylation sites (N-methyl/N-ethyl adjacent to an activating group) is 1. The third-order valence-corrected chi connectivity index (χ3v) is 2.61. The van der Waals surface area contributed by atoms with Crippen molar-refractivity contribution in [3.63, 3.8) is 0 Å². The van der Waals surface area contributed by atoms with Crippen molar-refractivity contribution in [3.05, 3.63) is 0 Å². The Labute approximate surface area is 97.7 Å². The van der Waals surface area contributed by atoms with Gasteiger partial charge in [-0.3, -0.25) is 4.90 Å². The predicted molar refractivity (Wildman–Crippen MR) is 63.6 cm³/mol. The number of amides is 2. The highest BCUT2D eigenvalue weighted by molar-refractivity contribution is 5.74. The van der Waals surface area contributed by atoms with E-state index in [4.69, 9.17) is 4.74 Å². The first-order chi connectivity index (χ1) is 7.59. The normalized spacial score (nSPS) is 17.5. The molecule has 1 fully saturated rings. The van der Waals surface area contributed by atoms with Crippen molar-refractivity contribution in [3.8, 4) is 0 Å². The van der Waals surface area contributed by atoms with Crippen molar-refractivity contribution in [2.24, 2.45) is 0 Å². The van der Waals surface area contributed by atoms with Crippen LogP contribution in [0, 0.1) is 0 Å². The van der Waals surface area contributed by atoms with E-state index in [1.54, 1.807) is 4.90 Å². The number of hydrogen-bond donors (Lipinski definition) is 1. The van der Waals surface area contributed by atoms with Crippen molar-refractivity contribution in [2.75, 3.05) is 46.4 Å². The zero-order valence-corrected chi connectivity index (χ0v) is 10.5. The second-order valence-electron chi connectivity index (χ2n) is 4.48. The first kappa shape index (κ1) is 13.3. The molecule has 2 amide bonds. The molecule has 0 saturated carbocycles. The van der Waals surface area contributed by atoms with Crippen LogP contribution < -0.4 is 5.32 Å². The lowest BCUT2D eigenvalue weighted by Gasteiger charge is -2.28. The molecule has 16 heavy (non-hydrogen) atoms. The average Bonchev–Trinajstić information content (AvgIpc) is 2.26. The minimum Gasteiger partial charge on any atom is -0.379 e. The summed E-state index contributed by atoms with van der Waals surface area (Å²) in [6.07, 6.45) is 0. The number of morpholine rings is 1. The summed E-state index contributed by atoms with van der Waals surface area (Å²) in [5.74, 6) is 0. The van der Waals surface area contributed by atoms with Crippen LogP contribution in [-0.2, 0) is 4.74 Å². The number of nitrogens with zero attached hydrogens (tertiary/aromatic N) is 2. The number of ether oxygens (including phenoxy) is 1. The van der Waals surface area contributed by atoms with Crippen molar-refractivity contribution in [2.45, 2.75) is 19.9 Å². The van der Waals surface area contributed by atoms with Crippen LogP contribution in [0.4, 0.5) is 4.79 Å². The molecule has 94 valence electrons. The predicted octanol–water partition coefficient (Wildman–Crippen LogP) is 0.368. The van der Waals surface area contributed by atoms with E-state index in [1.165, 1.54) is 0 Å². The van der Waals surface area contributed by atoms with Crippen LogP contribution in [0.25, 0.3) is 0 Å². The second-order valence-corrected chi connectivity index (χ2v) is 4.48. The van der Waals surface area contributed by atoms with Gasteiger partial charge >= 0.3 is 6.03 Å². The van der Waals surface area contributed by atoms with Gasteiger partial charge < -0.3 is 15.0 Å². The van der Waals surface area contributed by atoms with Crippen molar-refractivity contribution >= 4 is 6.03 Å². The number of carbonyl (C=O) groups excluding carboxylic acids is 1. The molecule has 0 atom stereocenters. The van der Waals surface area contributed by atoms with Crippen molar-refractivity contribution < 1.29 is 9.53 Å². The van der Waals surface area contributed by atoms with Crippen molar-refractivity contribution in [1.82, 2.24) is 15.1 Å². The van der Waals surface area contributed by atoms with Gasteiger partial charge in [0.2, 0.25) is 0 Å². The summed E-state index contributed by atoms with van der Waals surface area (Å²) in [5.41, 5.74) is 0. The summed E-state index contributed by atoms with van der Waals surface area (Å²) in [6.45, 7) is 9.18. The Morgan fingerprint density at radius 1 is 1.44 bits per heavy atom. The van der Waals surface area contributed by atoms with Gasteiger partial charge in [-0.1, -0.05) is 0 Å². The van der Waals surface area contributed by atoms with Gasteiger partial charge in [-0.05, 0) is 13.8 Å². The van der Waals surface area contributed by atoms with E-state index >= 15 is 0 Å². The molecule has 0 aromatic carbocycles. The van der Waals surface area contributed by atoms with Crippen molar-refractivity contribution in [1.29, 1.82) is 0 Å². The lowest BCUT2D eigenvalue weighted by Crippen LogP contribution is -2.45. The Morgan fingerprint density at radius 2 is 2.06 bits per heavy atom. The summed E-state index contributed by atoms with van der Waals surface area (Å²) in [6, 6.07) is 0.196. The fourth-order valence-corrected chi connectivity index (χ4v) is 1.57. The third kappa shape index (κ3) is 4.81. The Kier molecular flexibility index (Phi) is 5.55.